The topological polar surface area (TPSA) is 49.8 Å². The lowest BCUT2D eigenvalue weighted by molar-refractivity contribution is -0.150. The average molecular weight is 255 g/mol. The summed E-state index contributed by atoms with van der Waals surface area (Å²) in [7, 11) is 2.03. The molecule has 1 N–H and O–H groups in total. The third-order valence-corrected chi connectivity index (χ3v) is 4.38. The number of ether oxygens (including phenoxy) is 1. The summed E-state index contributed by atoms with van der Waals surface area (Å²) < 4.78 is 5.72. The van der Waals surface area contributed by atoms with Gasteiger partial charge in [0.25, 0.3) is 0 Å². The van der Waals surface area contributed by atoms with Crippen LogP contribution in [0.1, 0.15) is 44.9 Å². The zero-order valence-corrected chi connectivity index (χ0v) is 11.4. The Bertz CT molecular complexity index is 281. The Hall–Kier alpha value is -0.610. The van der Waals surface area contributed by atoms with Gasteiger partial charge in [0.2, 0.25) is 0 Å². The minimum absolute atomic E-state index is 0.302. The molecule has 1 heterocycles. The zero-order chi connectivity index (χ0) is 13.0. The number of carboxylic acid groups (broad SMARTS) is 1. The second kappa shape index (κ2) is 6.02. The fraction of sp³-hybridized carbons (Fsp3) is 0.929. The van der Waals surface area contributed by atoms with Crippen LogP contribution in [0.5, 0.6) is 0 Å². The number of hydrogen-bond donors (Lipinski definition) is 1. The van der Waals surface area contributed by atoms with Crippen molar-refractivity contribution in [2.24, 2.45) is 5.41 Å². The maximum absolute atomic E-state index is 11.5. The molecule has 0 aromatic rings. The first-order valence-electron chi connectivity index (χ1n) is 7.16. The molecular formula is C14H25NO3. The molecule has 2 rings (SSSR count). The van der Waals surface area contributed by atoms with Crippen molar-refractivity contribution in [2.45, 2.75) is 51.0 Å². The fourth-order valence-corrected chi connectivity index (χ4v) is 3.37. The van der Waals surface area contributed by atoms with Crippen LogP contribution in [0.4, 0.5) is 0 Å². The van der Waals surface area contributed by atoms with Gasteiger partial charge in [-0.3, -0.25) is 4.79 Å². The van der Waals surface area contributed by atoms with E-state index in [-0.39, 0.29) is 0 Å². The lowest BCUT2D eigenvalue weighted by atomic mass is 9.85. The molecule has 18 heavy (non-hydrogen) atoms. The molecule has 104 valence electrons. The maximum atomic E-state index is 11.5. The standard InChI is InChI=1S/C14H25NO3/c1-15(10-12-6-2-5-9-18-12)11-14(13(16)17)7-3-4-8-14/h12H,2-11H2,1H3,(H,16,17). The Morgan fingerprint density at radius 1 is 1.33 bits per heavy atom. The van der Waals surface area contributed by atoms with Crippen LogP contribution in [0, 0.1) is 5.41 Å². The van der Waals surface area contributed by atoms with Crippen LogP contribution in [-0.2, 0) is 9.53 Å². The first-order valence-corrected chi connectivity index (χ1v) is 7.16. The van der Waals surface area contributed by atoms with Gasteiger partial charge in [0.1, 0.15) is 0 Å². The van der Waals surface area contributed by atoms with Gasteiger partial charge >= 0.3 is 5.97 Å². The lowest BCUT2D eigenvalue weighted by Gasteiger charge is -2.33. The first kappa shape index (κ1) is 13.8. The van der Waals surface area contributed by atoms with Gasteiger partial charge in [-0.2, -0.15) is 0 Å². The Labute approximate surface area is 109 Å². The molecule has 4 heteroatoms. The Morgan fingerprint density at radius 3 is 2.61 bits per heavy atom. The van der Waals surface area contributed by atoms with Crippen LogP contribution < -0.4 is 0 Å². The molecule has 0 spiro atoms. The van der Waals surface area contributed by atoms with E-state index in [4.69, 9.17) is 4.74 Å². The molecule has 1 saturated heterocycles. The number of carboxylic acids is 1. The summed E-state index contributed by atoms with van der Waals surface area (Å²) in [6.45, 7) is 2.40. The van der Waals surface area contributed by atoms with Crippen molar-refractivity contribution < 1.29 is 14.6 Å². The quantitative estimate of drug-likeness (QED) is 0.817. The maximum Gasteiger partial charge on any atom is 0.310 e. The predicted octanol–water partition coefficient (Wildman–Crippen LogP) is 2.13. The smallest absolute Gasteiger partial charge is 0.310 e. The van der Waals surface area contributed by atoms with Crippen molar-refractivity contribution in [3.8, 4) is 0 Å². The molecular weight excluding hydrogens is 230 g/mol. The Balaban J connectivity index is 1.84. The van der Waals surface area contributed by atoms with Gasteiger partial charge < -0.3 is 14.7 Å². The van der Waals surface area contributed by atoms with E-state index in [1.165, 1.54) is 12.8 Å². The van der Waals surface area contributed by atoms with Gasteiger partial charge in [-0.1, -0.05) is 12.8 Å². The molecule has 0 amide bonds. The van der Waals surface area contributed by atoms with E-state index in [9.17, 15) is 9.90 Å². The van der Waals surface area contributed by atoms with Crippen LogP contribution in [0.15, 0.2) is 0 Å². The van der Waals surface area contributed by atoms with Gasteiger partial charge in [0.15, 0.2) is 0 Å². The monoisotopic (exact) mass is 255 g/mol. The summed E-state index contributed by atoms with van der Waals surface area (Å²) >= 11 is 0. The highest BCUT2D eigenvalue weighted by Crippen LogP contribution is 2.39. The largest absolute Gasteiger partial charge is 0.481 e. The van der Waals surface area contributed by atoms with Crippen LogP contribution in [0.3, 0.4) is 0 Å². The molecule has 1 saturated carbocycles. The van der Waals surface area contributed by atoms with E-state index in [0.717, 1.165) is 45.3 Å². The van der Waals surface area contributed by atoms with Crippen LogP contribution in [-0.4, -0.2) is 48.8 Å². The van der Waals surface area contributed by atoms with E-state index in [1.807, 2.05) is 7.05 Å². The minimum atomic E-state index is -0.614. The summed E-state index contributed by atoms with van der Waals surface area (Å²) in [4.78, 5) is 13.7. The van der Waals surface area contributed by atoms with Crippen molar-refractivity contribution in [3.63, 3.8) is 0 Å². The van der Waals surface area contributed by atoms with Gasteiger partial charge in [0, 0.05) is 19.7 Å². The fourth-order valence-electron chi connectivity index (χ4n) is 3.37. The molecule has 0 aromatic heterocycles. The van der Waals surface area contributed by atoms with Crippen molar-refractivity contribution in [1.82, 2.24) is 4.90 Å². The molecule has 0 radical (unpaired) electrons. The zero-order valence-electron chi connectivity index (χ0n) is 11.4. The summed E-state index contributed by atoms with van der Waals surface area (Å²) in [6.07, 6.45) is 7.60. The number of hydrogen-bond acceptors (Lipinski definition) is 3. The molecule has 1 unspecified atom stereocenters. The Kier molecular flexibility index (Phi) is 4.62. The van der Waals surface area contributed by atoms with E-state index in [1.54, 1.807) is 0 Å². The average Bonchev–Trinajstić information content (AvgIpc) is 2.80. The first-order chi connectivity index (χ1) is 8.62. The summed E-state index contributed by atoms with van der Waals surface area (Å²) in [5.74, 6) is -0.614. The molecule has 4 nitrogen and oxygen atoms in total. The second-order valence-corrected chi connectivity index (χ2v) is 5.98. The van der Waals surface area contributed by atoms with Gasteiger partial charge in [-0.15, -0.1) is 0 Å². The highest BCUT2D eigenvalue weighted by Gasteiger charge is 2.42. The number of aliphatic carboxylic acids is 1. The molecule has 1 aliphatic heterocycles. The normalized spacial score (nSPS) is 27.6. The summed E-state index contributed by atoms with van der Waals surface area (Å²) in [5.41, 5.74) is -0.497. The predicted molar refractivity (Wildman–Crippen MR) is 69.6 cm³/mol. The number of nitrogens with zero attached hydrogens (tertiary/aromatic N) is 1. The van der Waals surface area contributed by atoms with Crippen molar-refractivity contribution >= 4 is 5.97 Å². The molecule has 2 aliphatic rings. The van der Waals surface area contributed by atoms with Gasteiger partial charge in [-0.25, -0.2) is 0 Å². The van der Waals surface area contributed by atoms with E-state index < -0.39 is 11.4 Å². The van der Waals surface area contributed by atoms with Crippen LogP contribution in [0.25, 0.3) is 0 Å². The number of carbonyl (C=O) groups is 1. The van der Waals surface area contributed by atoms with Gasteiger partial charge in [0.05, 0.1) is 11.5 Å². The van der Waals surface area contributed by atoms with E-state index >= 15 is 0 Å². The summed E-state index contributed by atoms with van der Waals surface area (Å²) in [6, 6.07) is 0. The van der Waals surface area contributed by atoms with E-state index in [0.29, 0.717) is 12.6 Å². The summed E-state index contributed by atoms with van der Waals surface area (Å²) in [5, 5.41) is 9.46. The molecule has 2 fully saturated rings. The van der Waals surface area contributed by atoms with Crippen LogP contribution in [0.2, 0.25) is 0 Å². The highest BCUT2D eigenvalue weighted by molar-refractivity contribution is 5.75. The Morgan fingerprint density at radius 2 is 2.06 bits per heavy atom. The number of rotatable bonds is 5. The minimum Gasteiger partial charge on any atom is -0.481 e. The van der Waals surface area contributed by atoms with Crippen LogP contribution >= 0.6 is 0 Å². The van der Waals surface area contributed by atoms with E-state index in [2.05, 4.69) is 4.90 Å². The third kappa shape index (κ3) is 3.23. The molecule has 0 bridgehead atoms. The highest BCUT2D eigenvalue weighted by atomic mass is 16.5. The SMILES string of the molecule is CN(CC1CCCCO1)CC1(C(=O)O)CCCC1. The molecule has 1 atom stereocenters. The van der Waals surface area contributed by atoms with Crippen molar-refractivity contribution in [1.29, 1.82) is 0 Å². The van der Waals surface area contributed by atoms with Gasteiger partial charge in [-0.05, 0) is 39.2 Å². The lowest BCUT2D eigenvalue weighted by Crippen LogP contribution is -2.43. The van der Waals surface area contributed by atoms with Crippen molar-refractivity contribution in [2.75, 3.05) is 26.7 Å². The third-order valence-electron chi connectivity index (χ3n) is 4.38. The molecule has 0 aromatic carbocycles. The molecule has 1 aliphatic carbocycles. The van der Waals surface area contributed by atoms with Crippen molar-refractivity contribution in [3.05, 3.63) is 0 Å². The second-order valence-electron chi connectivity index (χ2n) is 5.98. The number of likely N-dealkylation sites (N-methyl/N-ethyl adjacent to an activating group) is 1.